The summed E-state index contributed by atoms with van der Waals surface area (Å²) in [4.78, 5) is 23.7. The van der Waals surface area contributed by atoms with Crippen LogP contribution >= 0.6 is 0 Å². The molecule has 1 amide bonds. The highest BCUT2D eigenvalue weighted by molar-refractivity contribution is 7.89. The molecule has 0 spiro atoms. The van der Waals surface area contributed by atoms with Crippen LogP contribution in [0.25, 0.3) is 0 Å². The van der Waals surface area contributed by atoms with Gasteiger partial charge < -0.3 is 4.90 Å². The van der Waals surface area contributed by atoms with Crippen LogP contribution in [0.2, 0.25) is 0 Å². The van der Waals surface area contributed by atoms with E-state index in [9.17, 15) is 23.3 Å². The van der Waals surface area contributed by atoms with Crippen molar-refractivity contribution in [1.29, 1.82) is 0 Å². The average Bonchev–Trinajstić information content (AvgIpc) is 2.59. The lowest BCUT2D eigenvalue weighted by Crippen LogP contribution is -2.50. The highest BCUT2D eigenvalue weighted by Crippen LogP contribution is 2.26. The Balaban J connectivity index is 2.11. The van der Waals surface area contributed by atoms with Gasteiger partial charge in [-0.05, 0) is 12.5 Å². The fourth-order valence-corrected chi connectivity index (χ4v) is 4.21. The van der Waals surface area contributed by atoms with Gasteiger partial charge in [0.1, 0.15) is 0 Å². The van der Waals surface area contributed by atoms with E-state index in [-0.39, 0.29) is 23.9 Å². The molecule has 0 unspecified atom stereocenters. The fraction of sp³-hybridized carbons (Fsp3) is 0.533. The van der Waals surface area contributed by atoms with E-state index in [4.69, 9.17) is 0 Å². The standard InChI is InChI=1S/C15H21N3O5S/c1-2-3-8-15(19)16-9-11-17(12-10-16)24(22,23)14-7-5-4-6-13(14)18(20)21/h4-7H,2-3,8-12H2,1H3. The van der Waals surface area contributed by atoms with Gasteiger partial charge in [0, 0.05) is 38.7 Å². The van der Waals surface area contributed by atoms with E-state index in [2.05, 4.69) is 0 Å². The second-order valence-corrected chi connectivity index (χ2v) is 7.52. The number of hydrogen-bond acceptors (Lipinski definition) is 5. The molecule has 1 fully saturated rings. The number of nitro groups is 1. The SMILES string of the molecule is CCCCC(=O)N1CCN(S(=O)(=O)c2ccccc2[N+](=O)[O-])CC1. The minimum Gasteiger partial charge on any atom is -0.340 e. The Bertz CT molecular complexity index is 712. The molecule has 8 nitrogen and oxygen atoms in total. The largest absolute Gasteiger partial charge is 0.340 e. The van der Waals surface area contributed by atoms with Crippen LogP contribution < -0.4 is 0 Å². The van der Waals surface area contributed by atoms with E-state index >= 15 is 0 Å². The number of rotatable bonds is 6. The van der Waals surface area contributed by atoms with Crippen LogP contribution in [0.3, 0.4) is 0 Å². The average molecular weight is 355 g/mol. The highest BCUT2D eigenvalue weighted by atomic mass is 32.2. The zero-order valence-electron chi connectivity index (χ0n) is 13.6. The second kappa shape index (κ2) is 7.71. The monoisotopic (exact) mass is 355 g/mol. The number of para-hydroxylation sites is 1. The summed E-state index contributed by atoms with van der Waals surface area (Å²) < 4.78 is 26.6. The Hall–Kier alpha value is -2.00. The molecule has 0 aliphatic carbocycles. The van der Waals surface area contributed by atoms with E-state index in [0.717, 1.165) is 12.8 Å². The molecule has 0 bridgehead atoms. The molecular weight excluding hydrogens is 334 g/mol. The molecule has 0 N–H and O–H groups in total. The summed E-state index contributed by atoms with van der Waals surface area (Å²) >= 11 is 0. The van der Waals surface area contributed by atoms with Crippen LogP contribution in [0.1, 0.15) is 26.2 Å². The Kier molecular flexibility index (Phi) is 5.89. The minimum atomic E-state index is -3.95. The summed E-state index contributed by atoms with van der Waals surface area (Å²) in [6.45, 7) is 2.91. The molecule has 1 saturated heterocycles. The third-order valence-electron chi connectivity index (χ3n) is 4.02. The first kappa shape index (κ1) is 18.3. The predicted molar refractivity (Wildman–Crippen MR) is 88.0 cm³/mol. The molecule has 0 aromatic heterocycles. The molecule has 1 aliphatic heterocycles. The van der Waals surface area contributed by atoms with Crippen LogP contribution in [0, 0.1) is 10.1 Å². The van der Waals surface area contributed by atoms with E-state index in [1.165, 1.54) is 28.6 Å². The first-order chi connectivity index (χ1) is 11.4. The fourth-order valence-electron chi connectivity index (χ4n) is 2.63. The van der Waals surface area contributed by atoms with Crippen molar-refractivity contribution >= 4 is 21.6 Å². The van der Waals surface area contributed by atoms with Gasteiger partial charge in [-0.2, -0.15) is 4.31 Å². The zero-order chi connectivity index (χ0) is 17.7. The van der Waals surface area contributed by atoms with Crippen LogP contribution in [-0.2, 0) is 14.8 Å². The number of unbranched alkanes of at least 4 members (excludes halogenated alkanes) is 1. The molecule has 0 radical (unpaired) electrons. The van der Waals surface area contributed by atoms with Crippen molar-refractivity contribution in [3.05, 3.63) is 34.4 Å². The molecule has 2 rings (SSSR count). The minimum absolute atomic E-state index is 0.0274. The summed E-state index contributed by atoms with van der Waals surface area (Å²) in [6, 6.07) is 5.32. The summed E-state index contributed by atoms with van der Waals surface area (Å²) in [5.41, 5.74) is -0.432. The number of hydrogen-bond donors (Lipinski definition) is 0. The Morgan fingerprint density at radius 2 is 1.83 bits per heavy atom. The third-order valence-corrected chi connectivity index (χ3v) is 5.96. The van der Waals surface area contributed by atoms with E-state index in [1.807, 2.05) is 6.92 Å². The molecule has 24 heavy (non-hydrogen) atoms. The number of carbonyl (C=O) groups excluding carboxylic acids is 1. The highest BCUT2D eigenvalue weighted by Gasteiger charge is 2.34. The lowest BCUT2D eigenvalue weighted by Gasteiger charge is -2.34. The number of amides is 1. The van der Waals surface area contributed by atoms with Gasteiger partial charge in [-0.25, -0.2) is 8.42 Å². The Morgan fingerprint density at radius 3 is 2.42 bits per heavy atom. The smallest absolute Gasteiger partial charge is 0.289 e. The van der Waals surface area contributed by atoms with E-state index in [1.54, 1.807) is 4.90 Å². The zero-order valence-corrected chi connectivity index (χ0v) is 14.4. The van der Waals surface area contributed by atoms with Crippen molar-refractivity contribution in [2.75, 3.05) is 26.2 Å². The molecule has 132 valence electrons. The van der Waals surface area contributed by atoms with Gasteiger partial charge in [-0.1, -0.05) is 25.5 Å². The molecule has 1 aromatic rings. The molecular formula is C15H21N3O5S. The number of carbonyl (C=O) groups is 1. The molecule has 1 aliphatic rings. The molecule has 0 saturated carbocycles. The van der Waals surface area contributed by atoms with Crippen molar-refractivity contribution in [1.82, 2.24) is 9.21 Å². The van der Waals surface area contributed by atoms with Crippen molar-refractivity contribution in [2.45, 2.75) is 31.1 Å². The van der Waals surface area contributed by atoms with Gasteiger partial charge in [0.05, 0.1) is 4.92 Å². The van der Waals surface area contributed by atoms with Gasteiger partial charge in [0.25, 0.3) is 5.69 Å². The Morgan fingerprint density at radius 1 is 1.21 bits per heavy atom. The van der Waals surface area contributed by atoms with Crippen LogP contribution in [0.5, 0.6) is 0 Å². The number of nitrogens with zero attached hydrogens (tertiary/aromatic N) is 3. The quantitative estimate of drug-likeness (QED) is 0.570. The topological polar surface area (TPSA) is 101 Å². The number of sulfonamides is 1. The van der Waals surface area contributed by atoms with Crippen molar-refractivity contribution in [3.8, 4) is 0 Å². The maximum atomic E-state index is 12.7. The third kappa shape index (κ3) is 3.90. The van der Waals surface area contributed by atoms with E-state index in [0.29, 0.717) is 19.5 Å². The molecule has 0 atom stereocenters. The Labute approximate surface area is 141 Å². The van der Waals surface area contributed by atoms with E-state index < -0.39 is 20.6 Å². The second-order valence-electron chi connectivity index (χ2n) is 5.61. The van der Waals surface area contributed by atoms with Crippen LogP contribution in [0.15, 0.2) is 29.2 Å². The van der Waals surface area contributed by atoms with Crippen molar-refractivity contribution in [3.63, 3.8) is 0 Å². The molecule has 1 heterocycles. The van der Waals surface area contributed by atoms with Crippen molar-refractivity contribution < 1.29 is 18.1 Å². The van der Waals surface area contributed by atoms with Gasteiger partial charge in [-0.15, -0.1) is 0 Å². The molecule has 1 aromatic carbocycles. The first-order valence-electron chi connectivity index (χ1n) is 7.89. The maximum Gasteiger partial charge on any atom is 0.289 e. The molecule has 9 heteroatoms. The number of piperazine rings is 1. The lowest BCUT2D eigenvalue weighted by molar-refractivity contribution is -0.387. The predicted octanol–water partition coefficient (Wildman–Crippen LogP) is 1.62. The van der Waals surface area contributed by atoms with Crippen LogP contribution in [-0.4, -0.2) is 54.6 Å². The first-order valence-corrected chi connectivity index (χ1v) is 9.33. The summed E-state index contributed by atoms with van der Waals surface area (Å²) in [6.07, 6.45) is 2.21. The number of benzene rings is 1. The maximum absolute atomic E-state index is 12.7. The van der Waals surface area contributed by atoms with Gasteiger partial charge in [0.15, 0.2) is 4.90 Å². The van der Waals surface area contributed by atoms with Gasteiger partial charge in [-0.3, -0.25) is 14.9 Å². The van der Waals surface area contributed by atoms with Crippen LogP contribution in [0.4, 0.5) is 5.69 Å². The van der Waals surface area contributed by atoms with Gasteiger partial charge in [0.2, 0.25) is 15.9 Å². The normalized spacial score (nSPS) is 16.1. The van der Waals surface area contributed by atoms with Gasteiger partial charge >= 0.3 is 0 Å². The summed E-state index contributed by atoms with van der Waals surface area (Å²) in [5, 5.41) is 11.1. The summed E-state index contributed by atoms with van der Waals surface area (Å²) in [5.74, 6) is 0.0274. The number of nitro benzene ring substituents is 1. The van der Waals surface area contributed by atoms with Crippen molar-refractivity contribution in [2.24, 2.45) is 0 Å². The lowest BCUT2D eigenvalue weighted by atomic mass is 10.2. The summed E-state index contributed by atoms with van der Waals surface area (Å²) in [7, 11) is -3.95.